The summed E-state index contributed by atoms with van der Waals surface area (Å²) in [5.41, 5.74) is 3.85. The maximum atomic E-state index is 12.7. The topological polar surface area (TPSA) is 43.6 Å². The lowest BCUT2D eigenvalue weighted by Gasteiger charge is -2.07. The Labute approximate surface area is 139 Å². The fraction of sp³-hybridized carbons (Fsp3) is 0.100. The molecule has 4 aromatic rings. The second-order valence-corrected chi connectivity index (χ2v) is 5.78. The van der Waals surface area contributed by atoms with Gasteiger partial charge in [-0.3, -0.25) is 9.20 Å². The molecule has 4 nitrogen and oxygen atoms in total. The van der Waals surface area contributed by atoms with Crippen LogP contribution in [0.2, 0.25) is 0 Å². The molecular formula is C20H16N2O2. The number of carbonyl (C=O) groups excluding carboxylic acids is 1. The van der Waals surface area contributed by atoms with Crippen LogP contribution in [0.1, 0.15) is 21.6 Å². The van der Waals surface area contributed by atoms with E-state index in [2.05, 4.69) is 4.98 Å². The highest BCUT2D eigenvalue weighted by Gasteiger charge is 2.15. The molecule has 0 bridgehead atoms. The molecule has 2 aromatic heterocycles. The summed E-state index contributed by atoms with van der Waals surface area (Å²) in [4.78, 5) is 17.2. The van der Waals surface area contributed by atoms with Crippen molar-refractivity contribution in [3.8, 4) is 5.75 Å². The van der Waals surface area contributed by atoms with Crippen LogP contribution in [0, 0.1) is 6.92 Å². The van der Waals surface area contributed by atoms with E-state index < -0.39 is 0 Å². The number of hydrogen-bond donors (Lipinski definition) is 0. The minimum absolute atomic E-state index is 0.0817. The van der Waals surface area contributed by atoms with Gasteiger partial charge in [0.1, 0.15) is 17.1 Å². The molecule has 0 unspecified atom stereocenters. The molecule has 0 aliphatic rings. The molecule has 4 heteroatoms. The van der Waals surface area contributed by atoms with Gasteiger partial charge in [-0.15, -0.1) is 0 Å². The summed E-state index contributed by atoms with van der Waals surface area (Å²) < 4.78 is 7.39. The number of fused-ring (bicyclic) bond motifs is 3. The minimum atomic E-state index is -0.0817. The largest absolute Gasteiger partial charge is 0.496 e. The Hall–Kier alpha value is -3.14. The van der Waals surface area contributed by atoms with Gasteiger partial charge in [-0.1, -0.05) is 42.0 Å². The number of para-hydroxylation sites is 1. The summed E-state index contributed by atoms with van der Waals surface area (Å²) >= 11 is 0. The number of hydrogen-bond acceptors (Lipinski definition) is 3. The molecule has 0 N–H and O–H groups in total. The number of aromatic nitrogens is 2. The van der Waals surface area contributed by atoms with Gasteiger partial charge in [0.2, 0.25) is 5.78 Å². The molecule has 0 amide bonds. The first-order chi connectivity index (χ1) is 11.7. The van der Waals surface area contributed by atoms with Gasteiger partial charge in [0.05, 0.1) is 12.6 Å². The van der Waals surface area contributed by atoms with E-state index in [9.17, 15) is 4.79 Å². The van der Waals surface area contributed by atoms with Crippen molar-refractivity contribution in [3.05, 3.63) is 77.6 Å². The quantitative estimate of drug-likeness (QED) is 0.536. The van der Waals surface area contributed by atoms with E-state index >= 15 is 0 Å². The van der Waals surface area contributed by atoms with E-state index in [-0.39, 0.29) is 5.78 Å². The molecule has 118 valence electrons. The highest BCUT2D eigenvalue weighted by Crippen LogP contribution is 2.28. The molecule has 24 heavy (non-hydrogen) atoms. The third-order valence-electron chi connectivity index (χ3n) is 4.19. The van der Waals surface area contributed by atoms with Crippen molar-refractivity contribution in [1.82, 2.24) is 9.38 Å². The Bertz CT molecular complexity index is 1060. The monoisotopic (exact) mass is 316 g/mol. The van der Waals surface area contributed by atoms with E-state index in [1.807, 2.05) is 65.9 Å². The van der Waals surface area contributed by atoms with Crippen LogP contribution < -0.4 is 4.74 Å². The predicted molar refractivity (Wildman–Crippen MR) is 93.9 cm³/mol. The van der Waals surface area contributed by atoms with Crippen LogP contribution in [0.15, 0.2) is 60.8 Å². The number of aryl methyl sites for hydroxylation is 1. The Morgan fingerprint density at radius 2 is 1.83 bits per heavy atom. The predicted octanol–water partition coefficient (Wildman–Crippen LogP) is 4.04. The number of carbonyl (C=O) groups is 1. The zero-order chi connectivity index (χ0) is 16.7. The molecule has 0 saturated carbocycles. The number of ether oxygens (including phenoxy) is 1. The van der Waals surface area contributed by atoms with Gasteiger partial charge < -0.3 is 4.74 Å². The van der Waals surface area contributed by atoms with Gasteiger partial charge in [-0.05, 0) is 19.1 Å². The van der Waals surface area contributed by atoms with E-state index in [4.69, 9.17) is 4.74 Å². The summed E-state index contributed by atoms with van der Waals surface area (Å²) in [5.74, 6) is 0.666. The number of benzene rings is 2. The van der Waals surface area contributed by atoms with Crippen LogP contribution in [0.4, 0.5) is 0 Å². The van der Waals surface area contributed by atoms with Gasteiger partial charge in [0.25, 0.3) is 0 Å². The van der Waals surface area contributed by atoms with Crippen molar-refractivity contribution in [1.29, 1.82) is 0 Å². The molecule has 0 fully saturated rings. The number of rotatable bonds is 3. The zero-order valence-corrected chi connectivity index (χ0v) is 13.5. The first-order valence-electron chi connectivity index (χ1n) is 7.73. The van der Waals surface area contributed by atoms with Crippen LogP contribution >= 0.6 is 0 Å². The molecule has 0 radical (unpaired) electrons. The van der Waals surface area contributed by atoms with Gasteiger partial charge >= 0.3 is 0 Å². The fourth-order valence-corrected chi connectivity index (χ4v) is 2.91. The normalized spacial score (nSPS) is 11.1. The van der Waals surface area contributed by atoms with E-state index in [0.29, 0.717) is 16.9 Å². The standard InChI is InChI=1S/C20H16N2O2/c1-13-7-9-14(10-8-13)20(23)16-12-22-17-6-4-3-5-15(17)18(24-2)11-19(22)21-16/h3-12H,1-2H3. The maximum absolute atomic E-state index is 12.7. The Morgan fingerprint density at radius 3 is 2.58 bits per heavy atom. The minimum Gasteiger partial charge on any atom is -0.496 e. The number of methoxy groups -OCH3 is 1. The summed E-state index contributed by atoms with van der Waals surface area (Å²) in [6.45, 7) is 2.00. The van der Waals surface area contributed by atoms with E-state index in [1.165, 1.54) is 0 Å². The van der Waals surface area contributed by atoms with Crippen LogP contribution in [0.5, 0.6) is 5.75 Å². The second kappa shape index (κ2) is 5.49. The first-order valence-corrected chi connectivity index (χ1v) is 7.73. The number of ketones is 1. The highest BCUT2D eigenvalue weighted by molar-refractivity contribution is 6.08. The van der Waals surface area contributed by atoms with Crippen LogP contribution in [0.3, 0.4) is 0 Å². The summed E-state index contributed by atoms with van der Waals surface area (Å²) in [6.07, 6.45) is 1.79. The average molecular weight is 316 g/mol. The number of imidazole rings is 1. The average Bonchev–Trinajstić information content (AvgIpc) is 3.05. The lowest BCUT2D eigenvalue weighted by atomic mass is 10.1. The number of pyridine rings is 1. The van der Waals surface area contributed by atoms with Gasteiger partial charge in [-0.25, -0.2) is 4.98 Å². The smallest absolute Gasteiger partial charge is 0.212 e. The summed E-state index contributed by atoms with van der Waals surface area (Å²) in [6, 6.07) is 17.3. The van der Waals surface area contributed by atoms with Gasteiger partial charge in [0, 0.05) is 23.2 Å². The fourth-order valence-electron chi connectivity index (χ4n) is 2.91. The van der Waals surface area contributed by atoms with Crippen LogP contribution in [-0.4, -0.2) is 22.3 Å². The van der Waals surface area contributed by atoms with Crippen molar-refractivity contribution in [2.45, 2.75) is 6.92 Å². The molecular weight excluding hydrogens is 300 g/mol. The highest BCUT2D eigenvalue weighted by atomic mass is 16.5. The molecule has 2 aromatic carbocycles. The molecule has 0 aliphatic carbocycles. The molecule has 4 rings (SSSR count). The second-order valence-electron chi connectivity index (χ2n) is 5.78. The first kappa shape index (κ1) is 14.5. The van der Waals surface area contributed by atoms with Crippen LogP contribution in [0.25, 0.3) is 16.6 Å². The lowest BCUT2D eigenvalue weighted by molar-refractivity contribution is 0.103. The van der Waals surface area contributed by atoms with Gasteiger partial charge in [-0.2, -0.15) is 0 Å². The third-order valence-corrected chi connectivity index (χ3v) is 4.19. The molecule has 0 atom stereocenters. The van der Waals surface area contributed by atoms with Crippen molar-refractivity contribution in [2.24, 2.45) is 0 Å². The summed E-state index contributed by atoms with van der Waals surface area (Å²) in [7, 11) is 1.64. The van der Waals surface area contributed by atoms with E-state index in [0.717, 1.165) is 22.2 Å². The van der Waals surface area contributed by atoms with Crippen molar-refractivity contribution in [3.63, 3.8) is 0 Å². The molecule has 0 aliphatic heterocycles. The number of nitrogens with zero attached hydrogens (tertiary/aromatic N) is 2. The Balaban J connectivity index is 1.91. The molecule has 2 heterocycles. The van der Waals surface area contributed by atoms with Gasteiger partial charge in [0.15, 0.2) is 0 Å². The zero-order valence-electron chi connectivity index (χ0n) is 13.5. The van der Waals surface area contributed by atoms with Crippen molar-refractivity contribution >= 4 is 22.3 Å². The molecule has 0 saturated heterocycles. The lowest BCUT2D eigenvalue weighted by Crippen LogP contribution is -2.01. The third kappa shape index (κ3) is 2.24. The summed E-state index contributed by atoms with van der Waals surface area (Å²) in [5, 5.41) is 0.985. The maximum Gasteiger partial charge on any atom is 0.212 e. The van der Waals surface area contributed by atoms with Crippen LogP contribution in [-0.2, 0) is 0 Å². The van der Waals surface area contributed by atoms with Crippen molar-refractivity contribution < 1.29 is 9.53 Å². The Morgan fingerprint density at radius 1 is 1.08 bits per heavy atom. The van der Waals surface area contributed by atoms with E-state index in [1.54, 1.807) is 13.3 Å². The molecule has 0 spiro atoms. The SMILES string of the molecule is COc1cc2nc(C(=O)c3ccc(C)cc3)cn2c2ccccc12. The van der Waals surface area contributed by atoms with Crippen molar-refractivity contribution in [2.75, 3.05) is 7.11 Å². The Kier molecular flexibility index (Phi) is 3.31.